The van der Waals surface area contributed by atoms with E-state index < -0.39 is 11.8 Å². The molecule has 0 aromatic carbocycles. The van der Waals surface area contributed by atoms with Crippen molar-refractivity contribution < 1.29 is 19.7 Å². The summed E-state index contributed by atoms with van der Waals surface area (Å²) in [6.07, 6.45) is 24.3. The third kappa shape index (κ3) is 28.8. The summed E-state index contributed by atoms with van der Waals surface area (Å²) < 4.78 is 4.35. The fourth-order valence-electron chi connectivity index (χ4n) is 2.56. The van der Waals surface area contributed by atoms with Gasteiger partial charge in [0.15, 0.2) is 0 Å². The summed E-state index contributed by atoms with van der Waals surface area (Å²) in [5.74, 6) is 0.531. The molecule has 0 radical (unpaired) electrons. The van der Waals surface area contributed by atoms with Crippen molar-refractivity contribution in [1.82, 2.24) is 0 Å². The first kappa shape index (κ1) is 29.6. The maximum atomic E-state index is 9.79. The number of aliphatic hydroxyl groups excluding tert-OH is 1. The van der Waals surface area contributed by atoms with Gasteiger partial charge in [0.25, 0.3) is 0 Å². The van der Waals surface area contributed by atoms with Crippen molar-refractivity contribution >= 4 is 6.16 Å². The van der Waals surface area contributed by atoms with Crippen LogP contribution in [0.1, 0.15) is 98.8 Å². The van der Waals surface area contributed by atoms with Gasteiger partial charge >= 0.3 is 6.16 Å². The fourth-order valence-corrected chi connectivity index (χ4v) is 2.56. The van der Waals surface area contributed by atoms with Crippen LogP contribution in [0.5, 0.6) is 0 Å². The molecule has 29 heavy (non-hydrogen) atoms. The number of carbonyl (C=O) groups is 1. The summed E-state index contributed by atoms with van der Waals surface area (Å²) in [6, 6.07) is 0. The third-order valence-electron chi connectivity index (χ3n) is 4.24. The van der Waals surface area contributed by atoms with Gasteiger partial charge in [-0.15, -0.1) is 0 Å². The van der Waals surface area contributed by atoms with Crippen LogP contribution in [0.3, 0.4) is 0 Å². The first-order chi connectivity index (χ1) is 13.8. The van der Waals surface area contributed by atoms with Crippen molar-refractivity contribution in [2.75, 3.05) is 6.61 Å². The minimum atomic E-state index is -1.22. The maximum Gasteiger partial charge on any atom is 0.506 e. The minimum Gasteiger partial charge on any atom is -0.450 e. The number of rotatable bonds is 14. The van der Waals surface area contributed by atoms with Gasteiger partial charge in [0.1, 0.15) is 5.60 Å². The van der Waals surface area contributed by atoms with Crippen LogP contribution in [-0.4, -0.2) is 28.6 Å². The molecule has 0 aromatic rings. The third-order valence-corrected chi connectivity index (χ3v) is 4.24. The van der Waals surface area contributed by atoms with Crippen molar-refractivity contribution in [2.24, 2.45) is 5.92 Å². The van der Waals surface area contributed by atoms with Crippen LogP contribution in [0.4, 0.5) is 4.79 Å². The Labute approximate surface area is 179 Å². The summed E-state index contributed by atoms with van der Waals surface area (Å²) in [5.41, 5.74) is -0.578. The molecular weight excluding hydrogens is 364 g/mol. The molecule has 0 rings (SSSR count). The highest BCUT2D eigenvalue weighted by Gasteiger charge is 2.14. The summed E-state index contributed by atoms with van der Waals surface area (Å²) in [4.78, 5) is 9.79. The SMILES string of the molecule is CC(C)(C)OC(=O)O.CC/C=C\C/C=C\C/C=C\CCCCCCC(CC)CO. The van der Waals surface area contributed by atoms with E-state index in [0.29, 0.717) is 12.5 Å². The first-order valence-electron chi connectivity index (χ1n) is 11.2. The average molecular weight is 411 g/mol. The number of ether oxygens (including phenoxy) is 1. The van der Waals surface area contributed by atoms with E-state index in [9.17, 15) is 4.79 Å². The standard InChI is InChI=1S/C20H36O.C5H10O3/c1-3-5-6-7-8-9-10-11-12-13-14-15-16-17-18-20(4-2)19-21;1-5(2,3)8-4(6)7/h5-6,8-9,11-12,20-21H,3-4,7,10,13-19H2,1-2H3;1-3H3,(H,6,7)/b6-5-,9-8-,12-11-;. The molecule has 0 saturated heterocycles. The van der Waals surface area contributed by atoms with Gasteiger partial charge in [-0.3, -0.25) is 0 Å². The minimum absolute atomic E-state index is 0.362. The second kappa shape index (κ2) is 21.2. The molecule has 0 amide bonds. The molecule has 0 aliphatic heterocycles. The van der Waals surface area contributed by atoms with Crippen molar-refractivity contribution in [2.45, 2.75) is 104 Å². The normalized spacial score (nSPS) is 13.0. The summed E-state index contributed by atoms with van der Waals surface area (Å²) in [7, 11) is 0. The summed E-state index contributed by atoms with van der Waals surface area (Å²) in [6.45, 7) is 9.74. The molecule has 0 bridgehead atoms. The lowest BCUT2D eigenvalue weighted by Gasteiger charge is -2.15. The quantitative estimate of drug-likeness (QED) is 0.175. The van der Waals surface area contributed by atoms with E-state index in [2.05, 4.69) is 55.0 Å². The molecule has 1 unspecified atom stereocenters. The van der Waals surface area contributed by atoms with Gasteiger partial charge in [0.2, 0.25) is 0 Å². The molecule has 0 saturated carbocycles. The lowest BCUT2D eigenvalue weighted by molar-refractivity contribution is 0.0150. The Morgan fingerprint density at radius 2 is 1.45 bits per heavy atom. The molecule has 0 aliphatic rings. The molecule has 0 spiro atoms. The highest BCUT2D eigenvalue weighted by molar-refractivity contribution is 5.57. The predicted octanol–water partition coefficient (Wildman–Crippen LogP) is 7.68. The van der Waals surface area contributed by atoms with Gasteiger partial charge in [-0.05, 0) is 65.2 Å². The number of aliphatic hydroxyl groups is 1. The van der Waals surface area contributed by atoms with Gasteiger partial charge in [-0.25, -0.2) is 4.79 Å². The van der Waals surface area contributed by atoms with Gasteiger partial charge in [0.05, 0.1) is 0 Å². The van der Waals surface area contributed by atoms with E-state index in [1.54, 1.807) is 20.8 Å². The molecule has 0 heterocycles. The van der Waals surface area contributed by atoms with Crippen molar-refractivity contribution in [3.05, 3.63) is 36.5 Å². The zero-order chi connectivity index (χ0) is 22.4. The second-order valence-electron chi connectivity index (χ2n) is 8.22. The number of hydrogen-bond acceptors (Lipinski definition) is 3. The van der Waals surface area contributed by atoms with Crippen LogP contribution in [0.2, 0.25) is 0 Å². The molecule has 170 valence electrons. The van der Waals surface area contributed by atoms with Crippen LogP contribution < -0.4 is 0 Å². The Morgan fingerprint density at radius 1 is 0.897 bits per heavy atom. The van der Waals surface area contributed by atoms with E-state index >= 15 is 0 Å². The average Bonchev–Trinajstić information content (AvgIpc) is 2.63. The number of carboxylic acid groups (broad SMARTS) is 1. The van der Waals surface area contributed by atoms with Crippen LogP contribution >= 0.6 is 0 Å². The number of unbranched alkanes of at least 4 members (excludes halogenated alkanes) is 4. The lowest BCUT2D eigenvalue weighted by atomic mass is 9.99. The smallest absolute Gasteiger partial charge is 0.450 e. The highest BCUT2D eigenvalue weighted by Crippen LogP contribution is 2.14. The molecule has 4 nitrogen and oxygen atoms in total. The molecule has 2 N–H and O–H groups in total. The monoisotopic (exact) mass is 410 g/mol. The van der Waals surface area contributed by atoms with Gasteiger partial charge < -0.3 is 14.9 Å². The van der Waals surface area contributed by atoms with E-state index in [0.717, 1.165) is 25.7 Å². The fraction of sp³-hybridized carbons (Fsp3) is 0.720. The van der Waals surface area contributed by atoms with Gasteiger partial charge in [-0.2, -0.15) is 0 Å². The van der Waals surface area contributed by atoms with Crippen LogP contribution in [0, 0.1) is 5.92 Å². The Morgan fingerprint density at radius 3 is 1.90 bits per heavy atom. The van der Waals surface area contributed by atoms with Crippen LogP contribution in [0.25, 0.3) is 0 Å². The van der Waals surface area contributed by atoms with E-state index in [4.69, 9.17) is 10.2 Å². The second-order valence-corrected chi connectivity index (χ2v) is 8.22. The largest absolute Gasteiger partial charge is 0.506 e. The Hall–Kier alpha value is -1.55. The molecular formula is C25H46O4. The zero-order valence-corrected chi connectivity index (χ0v) is 19.5. The predicted molar refractivity (Wildman–Crippen MR) is 124 cm³/mol. The van der Waals surface area contributed by atoms with Crippen LogP contribution in [-0.2, 0) is 4.74 Å². The molecule has 0 aliphatic carbocycles. The lowest BCUT2D eigenvalue weighted by Crippen LogP contribution is -2.22. The number of hydrogen-bond donors (Lipinski definition) is 2. The van der Waals surface area contributed by atoms with Crippen molar-refractivity contribution in [3.63, 3.8) is 0 Å². The Kier molecular flexibility index (Phi) is 21.6. The first-order valence-corrected chi connectivity index (χ1v) is 11.2. The zero-order valence-electron chi connectivity index (χ0n) is 19.5. The highest BCUT2D eigenvalue weighted by atomic mass is 16.7. The molecule has 4 heteroatoms. The number of allylic oxidation sites excluding steroid dienone is 6. The Balaban J connectivity index is 0. The Bertz CT molecular complexity index is 440. The van der Waals surface area contributed by atoms with E-state index in [-0.39, 0.29) is 0 Å². The van der Waals surface area contributed by atoms with Gasteiger partial charge in [0, 0.05) is 6.61 Å². The van der Waals surface area contributed by atoms with Crippen molar-refractivity contribution in [3.8, 4) is 0 Å². The van der Waals surface area contributed by atoms with E-state index in [1.165, 1.54) is 38.5 Å². The van der Waals surface area contributed by atoms with Crippen molar-refractivity contribution in [1.29, 1.82) is 0 Å². The topological polar surface area (TPSA) is 66.8 Å². The van der Waals surface area contributed by atoms with Gasteiger partial charge in [-0.1, -0.05) is 76.0 Å². The summed E-state index contributed by atoms with van der Waals surface area (Å²) in [5, 5.41) is 17.1. The molecule has 0 aromatic heterocycles. The maximum absolute atomic E-state index is 9.79. The van der Waals surface area contributed by atoms with Crippen LogP contribution in [0.15, 0.2) is 36.5 Å². The molecule has 1 atom stereocenters. The summed E-state index contributed by atoms with van der Waals surface area (Å²) >= 11 is 0. The van der Waals surface area contributed by atoms with E-state index in [1.807, 2.05) is 0 Å². The molecule has 0 fully saturated rings.